The van der Waals surface area contributed by atoms with E-state index < -0.39 is 17.4 Å². The molecule has 0 spiro atoms. The number of ketones is 1. The first-order valence-corrected chi connectivity index (χ1v) is 21.1. The van der Waals surface area contributed by atoms with E-state index in [0.717, 1.165) is 88.9 Å². The third-order valence-corrected chi connectivity index (χ3v) is 16.6. The van der Waals surface area contributed by atoms with Crippen LogP contribution < -0.4 is 0 Å². The van der Waals surface area contributed by atoms with E-state index in [2.05, 4.69) is 77.3 Å². The Bertz CT molecular complexity index is 1610. The normalized spacial score (nSPS) is 36.2. The number of hydrogen-bond donors (Lipinski definition) is 1. The van der Waals surface area contributed by atoms with Gasteiger partial charge in [0.05, 0.1) is 24.6 Å². The smallest absolute Gasteiger partial charge is 0.309 e. The Kier molecular flexibility index (Phi) is 11.0. The summed E-state index contributed by atoms with van der Waals surface area (Å²) in [7, 11) is 4.24. The van der Waals surface area contributed by atoms with Crippen molar-refractivity contribution in [3.63, 3.8) is 0 Å². The van der Waals surface area contributed by atoms with Crippen molar-refractivity contribution < 1.29 is 28.6 Å². The number of fused-ring (bicyclic) bond motifs is 7. The van der Waals surface area contributed by atoms with Crippen molar-refractivity contribution >= 4 is 17.7 Å². The summed E-state index contributed by atoms with van der Waals surface area (Å²) in [4.78, 5) is 48.3. The van der Waals surface area contributed by atoms with Gasteiger partial charge in [0.15, 0.2) is 5.78 Å². The van der Waals surface area contributed by atoms with Crippen LogP contribution in [-0.4, -0.2) is 77.4 Å². The van der Waals surface area contributed by atoms with Gasteiger partial charge in [0.1, 0.15) is 12.4 Å². The average Bonchev–Trinajstić information content (AvgIpc) is 3.69. The molecule has 0 radical (unpaired) electrons. The highest BCUT2D eigenvalue weighted by Crippen LogP contribution is 2.77. The molecule has 5 aliphatic carbocycles. The molecule has 0 bridgehead atoms. The predicted octanol–water partition coefficient (Wildman–Crippen LogP) is 8.82. The molecule has 0 saturated heterocycles. The molecule has 4 saturated carbocycles. The fourth-order valence-corrected chi connectivity index (χ4v) is 13.4. The quantitative estimate of drug-likeness (QED) is 0.198. The van der Waals surface area contributed by atoms with Crippen molar-refractivity contribution in [2.45, 2.75) is 146 Å². The largest absolute Gasteiger partial charge is 0.481 e. The molecule has 1 N–H and O–H groups in total. The molecule has 6 rings (SSSR count). The number of hydrogen-bond acceptors (Lipinski definition) is 8. The van der Waals surface area contributed by atoms with E-state index in [1.807, 2.05) is 0 Å². The molecular formula is C45H71N3O6. The van der Waals surface area contributed by atoms with Crippen LogP contribution in [0.25, 0.3) is 0 Å². The van der Waals surface area contributed by atoms with Gasteiger partial charge in [-0.3, -0.25) is 19.3 Å². The number of likely N-dealkylation sites (N-methyl/N-ethyl adjacent to an activating group) is 1. The van der Waals surface area contributed by atoms with Crippen LogP contribution in [-0.2, 0) is 25.7 Å². The zero-order valence-corrected chi connectivity index (χ0v) is 35.5. The van der Waals surface area contributed by atoms with E-state index in [1.165, 1.54) is 5.57 Å². The second kappa shape index (κ2) is 14.5. The van der Waals surface area contributed by atoms with Crippen molar-refractivity contribution in [3.05, 3.63) is 29.5 Å². The fraction of sp³-hybridized carbons (Fsp3) is 0.822. The van der Waals surface area contributed by atoms with Gasteiger partial charge in [-0.05, 0) is 138 Å². The molecule has 4 fully saturated rings. The Balaban J connectivity index is 1.26. The van der Waals surface area contributed by atoms with Gasteiger partial charge in [0.2, 0.25) is 5.89 Å². The molecule has 1 aromatic rings. The third kappa shape index (κ3) is 6.83. The molecule has 9 heteroatoms. The van der Waals surface area contributed by atoms with Gasteiger partial charge < -0.3 is 19.2 Å². The molecule has 0 aliphatic heterocycles. The first kappa shape index (κ1) is 41.1. The molecule has 2 unspecified atom stereocenters. The molecule has 302 valence electrons. The van der Waals surface area contributed by atoms with Gasteiger partial charge in [-0.15, -0.1) is 0 Å². The van der Waals surface area contributed by atoms with E-state index >= 15 is 0 Å². The van der Waals surface area contributed by atoms with Crippen LogP contribution in [0.3, 0.4) is 0 Å². The van der Waals surface area contributed by atoms with Gasteiger partial charge >= 0.3 is 11.9 Å². The van der Waals surface area contributed by atoms with Gasteiger partial charge in [-0.2, -0.15) is 0 Å². The topological polar surface area (TPSA) is 113 Å². The van der Waals surface area contributed by atoms with E-state index in [9.17, 15) is 19.5 Å². The number of Topliss-reactive ketones (excluding diaryl/α,β-unsaturated/α-hetero) is 1. The summed E-state index contributed by atoms with van der Waals surface area (Å²) in [6, 6.07) is 0. The molecule has 0 amide bonds. The van der Waals surface area contributed by atoms with E-state index in [1.54, 1.807) is 26.3 Å². The number of carboxylic acids is 1. The maximum absolute atomic E-state index is 14.2. The Labute approximate surface area is 325 Å². The summed E-state index contributed by atoms with van der Waals surface area (Å²) >= 11 is 0. The van der Waals surface area contributed by atoms with Crippen molar-refractivity contribution in [1.29, 1.82) is 0 Å². The lowest BCUT2D eigenvalue weighted by atomic mass is 9.33. The number of carbonyl (C=O) groups excluding carboxylic acids is 2. The molecule has 5 aliphatic rings. The molecule has 9 nitrogen and oxygen atoms in total. The minimum atomic E-state index is -1.15. The standard InChI is InChI=1S/C45H71N3O6/c1-29(2)37-31(49)26-45(20-22-48(24-23-47(10)11)28-35-46-21-25-53-35)19-18-43(8)30(38(37)45)12-13-33-42(7)16-15-34(54-36(50)27-40(3,4)39(51)52)41(5,6)32(42)14-17-44(33,43)9/h21,25,29-30,32-34H,12-20,22-24,26-28H2,1-11H3,(H,51,52)/t30-,32?,33?,34+,42+,43-,44-,45-/m1/s1. The summed E-state index contributed by atoms with van der Waals surface area (Å²) in [5.74, 6) is 1.32. The van der Waals surface area contributed by atoms with Crippen molar-refractivity contribution in [2.75, 3.05) is 33.7 Å². The zero-order chi connectivity index (χ0) is 39.6. The SMILES string of the molecule is CC(C)C1=C2[C@H]3CCC4[C@@]5(C)CC[C@H](OC(=O)CC(C)(C)C(=O)O)C(C)(C)C5CC[C@@]4(C)[C@]3(C)CC[C@@]2(CCN(CCN(C)C)Cc2ncco2)CC1=O. The fourth-order valence-electron chi connectivity index (χ4n) is 13.4. The Morgan fingerprint density at radius 2 is 1.69 bits per heavy atom. The number of allylic oxidation sites excluding steroid dienone is 2. The summed E-state index contributed by atoms with van der Waals surface area (Å²) < 4.78 is 11.9. The molecule has 1 heterocycles. The highest BCUT2D eigenvalue weighted by Gasteiger charge is 2.70. The van der Waals surface area contributed by atoms with Crippen LogP contribution in [0.2, 0.25) is 0 Å². The number of carboxylic acid groups (broad SMARTS) is 1. The highest BCUT2D eigenvalue weighted by molar-refractivity contribution is 6.00. The number of ether oxygens (including phenoxy) is 1. The summed E-state index contributed by atoms with van der Waals surface area (Å²) in [5.41, 5.74) is 1.55. The second-order valence-corrected chi connectivity index (χ2v) is 20.9. The third-order valence-electron chi connectivity index (χ3n) is 16.6. The van der Waals surface area contributed by atoms with Crippen LogP contribution in [0.5, 0.6) is 0 Å². The number of rotatable bonds is 13. The van der Waals surface area contributed by atoms with Crippen LogP contribution >= 0.6 is 0 Å². The first-order valence-electron chi connectivity index (χ1n) is 21.1. The van der Waals surface area contributed by atoms with Crippen molar-refractivity contribution in [1.82, 2.24) is 14.8 Å². The molecule has 8 atom stereocenters. The maximum atomic E-state index is 14.2. The number of esters is 1. The van der Waals surface area contributed by atoms with E-state index in [4.69, 9.17) is 9.15 Å². The van der Waals surface area contributed by atoms with Crippen LogP contribution in [0.4, 0.5) is 0 Å². The van der Waals surface area contributed by atoms with Gasteiger partial charge in [0, 0.05) is 30.3 Å². The Morgan fingerprint density at radius 3 is 2.31 bits per heavy atom. The summed E-state index contributed by atoms with van der Waals surface area (Å²) in [6.45, 7) is 23.5. The number of carbonyl (C=O) groups is 3. The van der Waals surface area contributed by atoms with Crippen molar-refractivity contribution in [2.24, 2.45) is 56.2 Å². The predicted molar refractivity (Wildman–Crippen MR) is 210 cm³/mol. The maximum Gasteiger partial charge on any atom is 0.309 e. The molecule has 0 aromatic carbocycles. The number of aromatic nitrogens is 1. The monoisotopic (exact) mass is 750 g/mol. The molecule has 54 heavy (non-hydrogen) atoms. The molecule has 1 aromatic heterocycles. The minimum absolute atomic E-state index is 0.0861. The summed E-state index contributed by atoms with van der Waals surface area (Å²) in [6.07, 6.45) is 13.2. The second-order valence-electron chi connectivity index (χ2n) is 20.9. The minimum Gasteiger partial charge on any atom is -0.481 e. The number of aliphatic carboxylic acids is 1. The van der Waals surface area contributed by atoms with Gasteiger partial charge in [-0.25, -0.2) is 4.98 Å². The van der Waals surface area contributed by atoms with Crippen LogP contribution in [0.1, 0.15) is 139 Å². The zero-order valence-electron chi connectivity index (χ0n) is 35.5. The first-order chi connectivity index (χ1) is 25.1. The average molecular weight is 750 g/mol. The van der Waals surface area contributed by atoms with E-state index in [-0.39, 0.29) is 45.5 Å². The Morgan fingerprint density at radius 1 is 0.963 bits per heavy atom. The van der Waals surface area contributed by atoms with E-state index in [0.29, 0.717) is 36.5 Å². The highest BCUT2D eigenvalue weighted by atomic mass is 16.5. The number of nitrogens with zero attached hydrogens (tertiary/aromatic N) is 3. The Hall–Kier alpha value is -2.52. The van der Waals surface area contributed by atoms with Crippen molar-refractivity contribution in [3.8, 4) is 0 Å². The van der Waals surface area contributed by atoms with Gasteiger partial charge in [0.25, 0.3) is 0 Å². The lowest BCUT2D eigenvalue weighted by Crippen LogP contribution is -2.65. The summed E-state index contributed by atoms with van der Waals surface area (Å²) in [5, 5.41) is 9.64. The van der Waals surface area contributed by atoms with Crippen LogP contribution in [0, 0.1) is 56.2 Å². The lowest BCUT2D eigenvalue weighted by molar-refractivity contribution is -0.233. The van der Waals surface area contributed by atoms with Crippen LogP contribution in [0.15, 0.2) is 28.0 Å². The molecular weight excluding hydrogens is 679 g/mol. The van der Waals surface area contributed by atoms with Gasteiger partial charge in [-0.1, -0.05) is 54.0 Å². The number of oxazole rings is 1. The lowest BCUT2D eigenvalue weighted by Gasteiger charge is -2.72.